The fourth-order valence-electron chi connectivity index (χ4n) is 1.81. The summed E-state index contributed by atoms with van der Waals surface area (Å²) in [5.41, 5.74) is 2.87. The predicted molar refractivity (Wildman–Crippen MR) is 68.3 cm³/mol. The molecule has 0 radical (unpaired) electrons. The number of methoxy groups -OCH3 is 1. The van der Waals surface area contributed by atoms with E-state index in [1.54, 1.807) is 7.11 Å². The van der Waals surface area contributed by atoms with E-state index in [9.17, 15) is 0 Å². The van der Waals surface area contributed by atoms with Crippen molar-refractivity contribution in [2.24, 2.45) is 12.9 Å². The summed E-state index contributed by atoms with van der Waals surface area (Å²) in [6.45, 7) is 2.08. The fourth-order valence-corrected chi connectivity index (χ4v) is 1.81. The molecule has 0 aliphatic heterocycles. The van der Waals surface area contributed by atoms with E-state index in [2.05, 4.69) is 17.3 Å². The molecule has 1 aromatic rings. The van der Waals surface area contributed by atoms with Gasteiger partial charge in [0.05, 0.1) is 6.10 Å². The lowest BCUT2D eigenvalue weighted by molar-refractivity contribution is 0.105. The van der Waals surface area contributed by atoms with Crippen LogP contribution < -0.4 is 11.3 Å². The minimum atomic E-state index is 0.291. The van der Waals surface area contributed by atoms with Crippen LogP contribution in [0.25, 0.3) is 0 Å². The molecule has 0 aliphatic rings. The molecule has 0 spiro atoms. The van der Waals surface area contributed by atoms with Crippen LogP contribution >= 0.6 is 0 Å². The third-order valence-corrected chi connectivity index (χ3v) is 3.20. The molecule has 2 atom stereocenters. The minimum absolute atomic E-state index is 0.291. The van der Waals surface area contributed by atoms with Crippen molar-refractivity contribution in [3.05, 3.63) is 18.2 Å². The number of aryl methyl sites for hydroxylation is 2. The van der Waals surface area contributed by atoms with Crippen molar-refractivity contribution in [1.29, 1.82) is 0 Å². The molecular formula is C12H24N4O. The lowest BCUT2D eigenvalue weighted by atomic mass is 10.0. The summed E-state index contributed by atoms with van der Waals surface area (Å²) in [5.74, 6) is 6.66. The number of nitrogens with two attached hydrogens (primary N) is 1. The van der Waals surface area contributed by atoms with Crippen LogP contribution in [0.3, 0.4) is 0 Å². The van der Waals surface area contributed by atoms with Crippen LogP contribution in [0.4, 0.5) is 0 Å². The van der Waals surface area contributed by atoms with Gasteiger partial charge >= 0.3 is 0 Å². The van der Waals surface area contributed by atoms with E-state index in [1.807, 2.05) is 24.0 Å². The zero-order valence-corrected chi connectivity index (χ0v) is 11.0. The maximum absolute atomic E-state index is 5.56. The van der Waals surface area contributed by atoms with Crippen LogP contribution in [0.5, 0.6) is 0 Å². The van der Waals surface area contributed by atoms with Crippen molar-refractivity contribution in [2.75, 3.05) is 7.11 Å². The normalized spacial score (nSPS) is 14.8. The van der Waals surface area contributed by atoms with Gasteiger partial charge in [0.1, 0.15) is 5.82 Å². The summed E-state index contributed by atoms with van der Waals surface area (Å²) in [6, 6.07) is 0.323. The van der Waals surface area contributed by atoms with E-state index >= 15 is 0 Å². The molecule has 2 unspecified atom stereocenters. The van der Waals surface area contributed by atoms with E-state index in [0.29, 0.717) is 12.1 Å². The molecule has 0 aromatic carbocycles. The second-order valence-electron chi connectivity index (χ2n) is 4.48. The molecule has 0 fully saturated rings. The zero-order chi connectivity index (χ0) is 12.7. The van der Waals surface area contributed by atoms with Crippen molar-refractivity contribution in [2.45, 2.75) is 44.8 Å². The maximum Gasteiger partial charge on any atom is 0.108 e. The first kappa shape index (κ1) is 14.2. The Bertz CT molecular complexity index is 313. The molecule has 17 heavy (non-hydrogen) atoms. The van der Waals surface area contributed by atoms with E-state index in [-0.39, 0.29) is 0 Å². The van der Waals surface area contributed by atoms with Gasteiger partial charge in [0, 0.05) is 39.0 Å². The highest BCUT2D eigenvalue weighted by atomic mass is 16.5. The number of hydrogen-bond acceptors (Lipinski definition) is 4. The van der Waals surface area contributed by atoms with Crippen LogP contribution in [0.15, 0.2) is 12.4 Å². The summed E-state index contributed by atoms with van der Waals surface area (Å²) in [4.78, 5) is 4.30. The molecule has 5 nitrogen and oxygen atoms in total. The van der Waals surface area contributed by atoms with Gasteiger partial charge in [-0.25, -0.2) is 4.98 Å². The summed E-state index contributed by atoms with van der Waals surface area (Å²) < 4.78 is 7.28. The van der Waals surface area contributed by atoms with Gasteiger partial charge in [-0.1, -0.05) is 0 Å². The van der Waals surface area contributed by atoms with E-state index in [4.69, 9.17) is 10.6 Å². The fraction of sp³-hybridized carbons (Fsp3) is 0.750. The Morgan fingerprint density at radius 1 is 1.47 bits per heavy atom. The molecule has 98 valence electrons. The van der Waals surface area contributed by atoms with Gasteiger partial charge in [0.25, 0.3) is 0 Å². The Morgan fingerprint density at radius 3 is 2.76 bits per heavy atom. The Kier molecular flexibility index (Phi) is 6.18. The first-order chi connectivity index (χ1) is 8.17. The number of nitrogens with one attached hydrogen (secondary N) is 1. The monoisotopic (exact) mass is 240 g/mol. The molecule has 1 aromatic heterocycles. The van der Waals surface area contributed by atoms with Crippen LogP contribution in [0.1, 0.15) is 32.0 Å². The maximum atomic E-state index is 5.56. The quantitative estimate of drug-likeness (QED) is 0.525. The smallest absolute Gasteiger partial charge is 0.108 e. The second-order valence-corrected chi connectivity index (χ2v) is 4.48. The summed E-state index contributed by atoms with van der Waals surface area (Å²) in [7, 11) is 3.75. The van der Waals surface area contributed by atoms with Gasteiger partial charge in [-0.3, -0.25) is 11.3 Å². The first-order valence-electron chi connectivity index (χ1n) is 6.12. The minimum Gasteiger partial charge on any atom is -0.382 e. The molecule has 1 rings (SSSR count). The molecule has 1 heterocycles. The van der Waals surface area contributed by atoms with Gasteiger partial charge in [0.2, 0.25) is 0 Å². The largest absolute Gasteiger partial charge is 0.382 e. The lowest BCUT2D eigenvalue weighted by Crippen LogP contribution is -2.36. The Morgan fingerprint density at radius 2 is 2.24 bits per heavy atom. The predicted octanol–water partition coefficient (Wildman–Crippen LogP) is 1.000. The molecule has 0 amide bonds. The Hall–Kier alpha value is -0.910. The average Bonchev–Trinajstić information content (AvgIpc) is 2.75. The number of aromatic nitrogens is 2. The van der Waals surface area contributed by atoms with Gasteiger partial charge < -0.3 is 9.30 Å². The number of rotatable bonds is 8. The Balaban J connectivity index is 2.30. The summed E-state index contributed by atoms with van der Waals surface area (Å²) in [6.07, 6.45) is 8.07. The second kappa shape index (κ2) is 7.42. The number of nitrogens with zero attached hydrogens (tertiary/aromatic N) is 2. The standard InChI is InChI=1S/C12H24N4O/c1-10(17-3)4-5-11(15-13)6-7-12-14-8-9-16(12)2/h8-11,15H,4-7,13H2,1-3H3. The SMILES string of the molecule is COC(C)CCC(CCc1nccn1C)NN. The summed E-state index contributed by atoms with van der Waals surface area (Å²) >= 11 is 0. The van der Waals surface area contributed by atoms with Crippen LogP contribution in [-0.2, 0) is 18.2 Å². The first-order valence-corrected chi connectivity index (χ1v) is 6.12. The van der Waals surface area contributed by atoms with E-state index in [0.717, 1.165) is 31.5 Å². The van der Waals surface area contributed by atoms with Crippen molar-refractivity contribution in [3.8, 4) is 0 Å². The molecule has 0 bridgehead atoms. The van der Waals surface area contributed by atoms with Gasteiger partial charge in [-0.15, -0.1) is 0 Å². The number of imidazole rings is 1. The third-order valence-electron chi connectivity index (χ3n) is 3.20. The summed E-state index contributed by atoms with van der Waals surface area (Å²) in [5, 5.41) is 0. The van der Waals surface area contributed by atoms with Crippen molar-refractivity contribution in [1.82, 2.24) is 15.0 Å². The number of hydrogen-bond donors (Lipinski definition) is 2. The van der Waals surface area contributed by atoms with Gasteiger partial charge in [-0.2, -0.15) is 0 Å². The van der Waals surface area contributed by atoms with Crippen molar-refractivity contribution < 1.29 is 4.74 Å². The molecule has 0 saturated carbocycles. The molecular weight excluding hydrogens is 216 g/mol. The highest BCUT2D eigenvalue weighted by molar-refractivity contribution is 4.91. The van der Waals surface area contributed by atoms with E-state index in [1.165, 1.54) is 0 Å². The van der Waals surface area contributed by atoms with Crippen molar-refractivity contribution >= 4 is 0 Å². The molecule has 3 N–H and O–H groups in total. The highest BCUT2D eigenvalue weighted by Crippen LogP contribution is 2.09. The molecule has 0 aliphatic carbocycles. The van der Waals surface area contributed by atoms with Crippen molar-refractivity contribution in [3.63, 3.8) is 0 Å². The zero-order valence-electron chi connectivity index (χ0n) is 11.0. The lowest BCUT2D eigenvalue weighted by Gasteiger charge is -2.17. The molecule has 0 saturated heterocycles. The number of hydrazine groups is 1. The average molecular weight is 240 g/mol. The third kappa shape index (κ3) is 4.85. The van der Waals surface area contributed by atoms with Crippen LogP contribution in [0, 0.1) is 0 Å². The van der Waals surface area contributed by atoms with Gasteiger partial charge in [-0.05, 0) is 26.2 Å². The number of ether oxygens (including phenoxy) is 1. The highest BCUT2D eigenvalue weighted by Gasteiger charge is 2.10. The topological polar surface area (TPSA) is 65.1 Å². The van der Waals surface area contributed by atoms with Gasteiger partial charge in [0.15, 0.2) is 0 Å². The van der Waals surface area contributed by atoms with Crippen LogP contribution in [-0.4, -0.2) is 28.8 Å². The molecule has 5 heteroatoms. The Labute approximate surface area is 103 Å². The van der Waals surface area contributed by atoms with Crippen LogP contribution in [0.2, 0.25) is 0 Å². The van der Waals surface area contributed by atoms with E-state index < -0.39 is 0 Å².